The van der Waals surface area contributed by atoms with E-state index < -0.39 is 17.7 Å². The first-order valence-corrected chi connectivity index (χ1v) is 8.76. The minimum atomic E-state index is -0.440. The summed E-state index contributed by atoms with van der Waals surface area (Å²) in [5.41, 5.74) is 0.667. The minimum absolute atomic E-state index is 0.295. The third kappa shape index (κ3) is 2.73. The van der Waals surface area contributed by atoms with Crippen LogP contribution in [-0.2, 0) is 11.2 Å². The van der Waals surface area contributed by atoms with Gasteiger partial charge in [-0.05, 0) is 19.1 Å². The molecule has 10 heteroatoms. The van der Waals surface area contributed by atoms with Crippen LogP contribution in [0, 0.1) is 6.92 Å². The maximum Gasteiger partial charge on any atom is 0.262 e. The fourth-order valence-corrected chi connectivity index (χ4v) is 3.62. The molecule has 0 atom stereocenters. The quantitative estimate of drug-likeness (QED) is 0.653. The van der Waals surface area contributed by atoms with E-state index >= 15 is 0 Å². The van der Waals surface area contributed by atoms with Crippen molar-refractivity contribution in [2.24, 2.45) is 0 Å². The number of hydrogen-bond acceptors (Lipinski definition) is 7. The van der Waals surface area contributed by atoms with Crippen LogP contribution in [0.4, 0.5) is 0 Å². The first-order chi connectivity index (χ1) is 12.5. The molecular weight excluding hydrogens is 356 g/mol. The zero-order chi connectivity index (χ0) is 18.3. The van der Waals surface area contributed by atoms with Gasteiger partial charge >= 0.3 is 0 Å². The number of carbonyl (C=O) groups is 3. The number of carbonyl (C=O) groups excluding carboxylic acids is 3. The molecule has 0 radical (unpaired) electrons. The molecule has 1 N–H and O–H groups in total. The first kappa shape index (κ1) is 16.3. The molecule has 1 aromatic carbocycles. The van der Waals surface area contributed by atoms with E-state index in [9.17, 15) is 14.4 Å². The van der Waals surface area contributed by atoms with Crippen molar-refractivity contribution in [3.05, 3.63) is 46.2 Å². The van der Waals surface area contributed by atoms with Crippen LogP contribution in [0.2, 0.25) is 0 Å². The second-order valence-electron chi connectivity index (χ2n) is 5.78. The van der Waals surface area contributed by atoms with Gasteiger partial charge in [0.2, 0.25) is 10.9 Å². The van der Waals surface area contributed by atoms with Crippen molar-refractivity contribution in [3.63, 3.8) is 0 Å². The van der Waals surface area contributed by atoms with Gasteiger partial charge in [0.1, 0.15) is 11.6 Å². The zero-order valence-electron chi connectivity index (χ0n) is 13.8. The number of rotatable bonds is 5. The molecule has 0 bridgehead atoms. The Bertz CT molecular complexity index is 1000. The first-order valence-electron chi connectivity index (χ1n) is 7.94. The average molecular weight is 370 g/mol. The molecule has 0 saturated heterocycles. The standard InChI is InChI=1S/C16H14N6O3S/c1-9-18-19-16-22(9)20-13(26-16)6-7-17-12(23)8-21-14(24)10-4-2-3-5-11(10)15(21)25/h2-5H,6-8H2,1H3,(H,17,23). The van der Waals surface area contributed by atoms with Gasteiger partial charge in [-0.3, -0.25) is 19.3 Å². The Morgan fingerprint density at radius 2 is 1.85 bits per heavy atom. The fraction of sp³-hybridized carbons (Fsp3) is 0.250. The SMILES string of the molecule is Cc1nnc2sc(CCNC(=O)CN3C(=O)c4ccccc4C3=O)nn12. The van der Waals surface area contributed by atoms with Gasteiger partial charge in [-0.15, -0.1) is 10.2 Å². The Morgan fingerprint density at radius 1 is 1.15 bits per heavy atom. The Kier molecular flexibility index (Phi) is 3.96. The van der Waals surface area contributed by atoms with Crippen molar-refractivity contribution >= 4 is 34.0 Å². The van der Waals surface area contributed by atoms with Gasteiger partial charge < -0.3 is 5.32 Å². The van der Waals surface area contributed by atoms with E-state index in [-0.39, 0.29) is 6.54 Å². The molecule has 3 amide bonds. The number of hydrogen-bond donors (Lipinski definition) is 1. The maximum absolute atomic E-state index is 12.2. The molecule has 3 aromatic rings. The number of aromatic nitrogens is 4. The number of imide groups is 1. The van der Waals surface area contributed by atoms with E-state index in [2.05, 4.69) is 20.6 Å². The summed E-state index contributed by atoms with van der Waals surface area (Å²) >= 11 is 1.40. The molecule has 0 aliphatic carbocycles. The number of nitrogens with one attached hydrogen (secondary N) is 1. The van der Waals surface area contributed by atoms with Gasteiger partial charge in [0.05, 0.1) is 11.1 Å². The topological polar surface area (TPSA) is 110 Å². The molecule has 132 valence electrons. The zero-order valence-corrected chi connectivity index (χ0v) is 14.6. The number of benzene rings is 1. The van der Waals surface area contributed by atoms with Crippen molar-refractivity contribution in [2.45, 2.75) is 13.3 Å². The number of fused-ring (bicyclic) bond motifs is 2. The second kappa shape index (κ2) is 6.30. The van der Waals surface area contributed by atoms with E-state index in [1.54, 1.807) is 28.8 Å². The predicted octanol–water partition coefficient (Wildman–Crippen LogP) is 0.449. The van der Waals surface area contributed by atoms with E-state index in [0.29, 0.717) is 34.9 Å². The average Bonchev–Trinajstić information content (AvgIpc) is 3.26. The molecule has 3 heterocycles. The van der Waals surface area contributed by atoms with Gasteiger partial charge in [-0.2, -0.15) is 9.61 Å². The molecule has 0 unspecified atom stereocenters. The highest BCUT2D eigenvalue weighted by atomic mass is 32.1. The molecule has 0 saturated carbocycles. The van der Waals surface area contributed by atoms with Crippen molar-refractivity contribution in [1.29, 1.82) is 0 Å². The lowest BCUT2D eigenvalue weighted by Gasteiger charge is -2.13. The highest BCUT2D eigenvalue weighted by Gasteiger charge is 2.36. The van der Waals surface area contributed by atoms with Crippen LogP contribution in [0.1, 0.15) is 31.5 Å². The highest BCUT2D eigenvalue weighted by molar-refractivity contribution is 7.16. The fourth-order valence-electron chi connectivity index (χ4n) is 2.75. The molecule has 1 aliphatic rings. The predicted molar refractivity (Wildman–Crippen MR) is 91.9 cm³/mol. The summed E-state index contributed by atoms with van der Waals surface area (Å²) in [6.07, 6.45) is 0.529. The van der Waals surface area contributed by atoms with Crippen molar-refractivity contribution in [1.82, 2.24) is 30.0 Å². The van der Waals surface area contributed by atoms with Crippen LogP contribution in [-0.4, -0.2) is 55.5 Å². The van der Waals surface area contributed by atoms with Crippen LogP contribution in [0.5, 0.6) is 0 Å². The molecule has 0 fully saturated rings. The molecule has 9 nitrogen and oxygen atoms in total. The largest absolute Gasteiger partial charge is 0.354 e. The Hall–Kier alpha value is -3.14. The van der Waals surface area contributed by atoms with Crippen LogP contribution in [0.25, 0.3) is 4.96 Å². The minimum Gasteiger partial charge on any atom is -0.354 e. The second-order valence-corrected chi connectivity index (χ2v) is 6.82. The van der Waals surface area contributed by atoms with E-state index in [0.717, 1.165) is 9.91 Å². The van der Waals surface area contributed by atoms with E-state index in [4.69, 9.17) is 0 Å². The van der Waals surface area contributed by atoms with Crippen molar-refractivity contribution < 1.29 is 14.4 Å². The van der Waals surface area contributed by atoms with Crippen LogP contribution < -0.4 is 5.32 Å². The third-order valence-electron chi connectivity index (χ3n) is 4.03. The van der Waals surface area contributed by atoms with Crippen molar-refractivity contribution in [2.75, 3.05) is 13.1 Å². The summed E-state index contributed by atoms with van der Waals surface area (Å²) in [6, 6.07) is 6.55. The summed E-state index contributed by atoms with van der Waals surface area (Å²) in [5.74, 6) is -0.564. The normalized spacial score (nSPS) is 13.5. The lowest BCUT2D eigenvalue weighted by atomic mass is 10.1. The van der Waals surface area contributed by atoms with Gasteiger partial charge in [-0.25, -0.2) is 0 Å². The summed E-state index contributed by atoms with van der Waals surface area (Å²) < 4.78 is 1.65. The van der Waals surface area contributed by atoms with Crippen molar-refractivity contribution in [3.8, 4) is 0 Å². The van der Waals surface area contributed by atoms with Crippen LogP contribution >= 0.6 is 11.3 Å². The summed E-state index contributed by atoms with van der Waals surface area (Å²) in [4.78, 5) is 38.3. The lowest BCUT2D eigenvalue weighted by molar-refractivity contribution is -0.121. The number of nitrogens with zero attached hydrogens (tertiary/aromatic N) is 5. The molecular formula is C16H14N6O3S. The Morgan fingerprint density at radius 3 is 2.50 bits per heavy atom. The van der Waals surface area contributed by atoms with Gasteiger partial charge in [0.25, 0.3) is 11.8 Å². The summed E-state index contributed by atoms with van der Waals surface area (Å²) in [6.45, 7) is 1.87. The van der Waals surface area contributed by atoms with Gasteiger partial charge in [-0.1, -0.05) is 23.5 Å². The van der Waals surface area contributed by atoms with Gasteiger partial charge in [0, 0.05) is 13.0 Å². The molecule has 0 spiro atoms. The molecule has 2 aromatic heterocycles. The van der Waals surface area contributed by atoms with Crippen LogP contribution in [0.15, 0.2) is 24.3 Å². The third-order valence-corrected chi connectivity index (χ3v) is 4.99. The smallest absolute Gasteiger partial charge is 0.262 e. The molecule has 1 aliphatic heterocycles. The highest BCUT2D eigenvalue weighted by Crippen LogP contribution is 2.21. The lowest BCUT2D eigenvalue weighted by Crippen LogP contribution is -2.40. The molecule has 26 heavy (non-hydrogen) atoms. The summed E-state index contributed by atoms with van der Waals surface area (Å²) in [5, 5.41) is 15.8. The van der Waals surface area contributed by atoms with Crippen LogP contribution in [0.3, 0.4) is 0 Å². The van der Waals surface area contributed by atoms with E-state index in [1.807, 2.05) is 6.92 Å². The number of aryl methyl sites for hydroxylation is 1. The van der Waals surface area contributed by atoms with Gasteiger partial charge in [0.15, 0.2) is 5.82 Å². The monoisotopic (exact) mass is 370 g/mol. The van der Waals surface area contributed by atoms with E-state index in [1.165, 1.54) is 11.3 Å². The maximum atomic E-state index is 12.2. The number of amides is 3. The Balaban J connectivity index is 1.33. The molecule has 4 rings (SSSR count). The summed E-state index contributed by atoms with van der Waals surface area (Å²) in [7, 11) is 0. The Labute approximate surface area is 151 Å².